The van der Waals surface area contributed by atoms with Crippen LogP contribution in [-0.4, -0.2) is 23.5 Å². The van der Waals surface area contributed by atoms with Crippen molar-refractivity contribution in [3.05, 3.63) is 131 Å². The molecule has 2 N–H and O–H groups in total. The maximum atomic E-state index is 12.1. The molecule has 9 nitrogen and oxygen atoms in total. The third-order valence-corrected chi connectivity index (χ3v) is 7.28. The summed E-state index contributed by atoms with van der Waals surface area (Å²) in [4.78, 5) is 26.0. The minimum absolute atomic E-state index is 0.115. The number of hydrogen-bond donors (Lipinski definition) is 2. The maximum Gasteiger partial charge on any atom is 0.407 e. The van der Waals surface area contributed by atoms with Gasteiger partial charge in [0.05, 0.1) is 5.56 Å². The van der Waals surface area contributed by atoms with Gasteiger partial charge in [0, 0.05) is 18.3 Å². The summed E-state index contributed by atoms with van der Waals surface area (Å²) in [6, 6.07) is 31.3. The summed E-state index contributed by atoms with van der Waals surface area (Å²) in [5.41, 5.74) is 7.50. The molecule has 0 atom stereocenters. The predicted molar refractivity (Wildman–Crippen MR) is 183 cm³/mol. The van der Waals surface area contributed by atoms with Crippen molar-refractivity contribution in [3.63, 3.8) is 0 Å². The summed E-state index contributed by atoms with van der Waals surface area (Å²) < 4.78 is 18.2. The molecule has 0 radical (unpaired) electrons. The quantitative estimate of drug-likeness (QED) is 0.166. The van der Waals surface area contributed by atoms with Crippen LogP contribution in [-0.2, 0) is 29.3 Å². The van der Waals surface area contributed by atoms with Gasteiger partial charge in [0.1, 0.15) is 30.3 Å². The maximum absolute atomic E-state index is 12.1. The molecule has 1 heterocycles. The summed E-state index contributed by atoms with van der Waals surface area (Å²) in [6.07, 6.45) is -0.494. The number of ether oxygens (including phenoxy) is 3. The fraction of sp³-hybridized carbons (Fsp3) is 0.263. The second kappa shape index (κ2) is 14.7. The third-order valence-electron chi connectivity index (χ3n) is 7.28. The largest absolute Gasteiger partial charge is 0.488 e. The molecule has 1 aliphatic heterocycles. The van der Waals surface area contributed by atoms with Gasteiger partial charge in [-0.3, -0.25) is 10.3 Å². The average Bonchev–Trinajstić information content (AvgIpc) is 3.49. The molecule has 1 aliphatic rings. The van der Waals surface area contributed by atoms with E-state index in [1.54, 1.807) is 4.90 Å². The first-order chi connectivity index (χ1) is 22.6. The van der Waals surface area contributed by atoms with E-state index in [2.05, 4.69) is 29.7 Å². The fourth-order valence-electron chi connectivity index (χ4n) is 4.98. The van der Waals surface area contributed by atoms with Crippen LogP contribution in [0.1, 0.15) is 68.4 Å². The van der Waals surface area contributed by atoms with E-state index in [9.17, 15) is 9.59 Å². The molecule has 47 heavy (non-hydrogen) atoms. The van der Waals surface area contributed by atoms with Crippen molar-refractivity contribution in [2.75, 3.05) is 4.90 Å². The van der Waals surface area contributed by atoms with Crippen LogP contribution < -0.4 is 25.1 Å². The summed E-state index contributed by atoms with van der Waals surface area (Å²) in [5.74, 6) is 3.98. The van der Waals surface area contributed by atoms with Crippen LogP contribution in [0.15, 0.2) is 108 Å². The minimum Gasteiger partial charge on any atom is -0.488 e. The monoisotopic (exact) mass is 632 g/mol. The first-order valence-corrected chi connectivity index (χ1v) is 15.6. The number of carbonyl (C=O) groups excluding carboxylic acids is 2. The number of benzene rings is 4. The number of nitrogens with zero attached hydrogens (tertiary/aromatic N) is 2. The van der Waals surface area contributed by atoms with Gasteiger partial charge in [-0.05, 0) is 67.1 Å². The second-order valence-corrected chi connectivity index (χ2v) is 12.4. The molecule has 0 fully saturated rings. The molecule has 0 saturated heterocycles. The molecule has 0 aliphatic carbocycles. The van der Waals surface area contributed by atoms with Crippen molar-refractivity contribution < 1.29 is 23.8 Å². The van der Waals surface area contributed by atoms with E-state index in [0.717, 1.165) is 22.3 Å². The molecular weight excluding hydrogens is 592 g/mol. The van der Waals surface area contributed by atoms with Gasteiger partial charge >= 0.3 is 6.09 Å². The Labute approximate surface area is 275 Å². The number of nitrogens with one attached hydrogen (secondary N) is 2. The predicted octanol–water partition coefficient (Wildman–Crippen LogP) is 7.44. The standard InChI is InChI=1S/C38H40N4O5/c1-26(2)31-20-32(34(46-25-29-14-10-7-11-15-29)21-33(31)45-24-28-12-8-6-9-13-28)36-41-40-35(23-43)42(36)30-18-16-27(17-19-30)22-39-37(44)47-38(3,4)5/h6-21,26,40H,22,24-25H2,1-5H3,(H,39,44). The van der Waals surface area contributed by atoms with Gasteiger partial charge in [-0.15, -0.1) is 0 Å². The molecule has 1 amide bonds. The lowest BCUT2D eigenvalue weighted by Crippen LogP contribution is -2.32. The van der Waals surface area contributed by atoms with Crippen LogP contribution in [0.5, 0.6) is 11.5 Å². The number of hydrazone groups is 1. The number of rotatable bonds is 11. The van der Waals surface area contributed by atoms with E-state index in [1.165, 1.54) is 0 Å². The van der Waals surface area contributed by atoms with E-state index in [4.69, 9.17) is 14.2 Å². The molecule has 4 aromatic carbocycles. The summed E-state index contributed by atoms with van der Waals surface area (Å²) in [7, 11) is 0. The smallest absolute Gasteiger partial charge is 0.407 e. The van der Waals surface area contributed by atoms with Crippen LogP contribution in [0.2, 0.25) is 0 Å². The Balaban J connectivity index is 1.47. The molecule has 0 bridgehead atoms. The number of amidine groups is 1. The van der Waals surface area contributed by atoms with Crippen molar-refractivity contribution in [3.8, 4) is 11.5 Å². The van der Waals surface area contributed by atoms with Crippen molar-refractivity contribution in [2.24, 2.45) is 5.10 Å². The topological polar surface area (TPSA) is 101 Å². The highest BCUT2D eigenvalue weighted by molar-refractivity contribution is 6.15. The molecule has 9 heteroatoms. The van der Waals surface area contributed by atoms with Crippen molar-refractivity contribution in [1.29, 1.82) is 0 Å². The SMILES string of the molecule is CC(C)c1cc(C2=NNC(=C=O)N2c2ccc(CNC(=O)OC(C)(C)C)cc2)c(OCc2ccccc2)cc1OCc1ccccc1. The van der Waals surface area contributed by atoms with Crippen molar-refractivity contribution in [2.45, 2.75) is 65.9 Å². The summed E-state index contributed by atoms with van der Waals surface area (Å²) in [6.45, 7) is 10.7. The number of amides is 1. The zero-order valence-corrected chi connectivity index (χ0v) is 27.4. The van der Waals surface area contributed by atoms with Gasteiger partial charge in [-0.2, -0.15) is 5.10 Å². The highest BCUT2D eigenvalue weighted by Gasteiger charge is 2.30. The van der Waals surface area contributed by atoms with Crippen LogP contribution >= 0.6 is 0 Å². The van der Waals surface area contributed by atoms with Crippen molar-refractivity contribution in [1.82, 2.24) is 10.7 Å². The fourth-order valence-corrected chi connectivity index (χ4v) is 4.98. The lowest BCUT2D eigenvalue weighted by atomic mass is 9.97. The summed E-state index contributed by atoms with van der Waals surface area (Å²) >= 11 is 0. The molecule has 0 saturated carbocycles. The van der Waals surface area contributed by atoms with Gasteiger partial charge in [0.2, 0.25) is 5.82 Å². The number of carbonyl (C=O) groups is 1. The summed E-state index contributed by atoms with van der Waals surface area (Å²) in [5, 5.41) is 7.34. The Kier molecular flexibility index (Phi) is 10.3. The lowest BCUT2D eigenvalue weighted by Gasteiger charge is -2.24. The highest BCUT2D eigenvalue weighted by atomic mass is 16.6. The Morgan fingerprint density at radius 1 is 0.851 bits per heavy atom. The molecular formula is C38H40N4O5. The average molecular weight is 633 g/mol. The van der Waals surface area contributed by atoms with E-state index < -0.39 is 11.7 Å². The van der Waals surface area contributed by atoms with Gasteiger partial charge in [0.25, 0.3) is 0 Å². The zero-order chi connectivity index (χ0) is 33.4. The van der Waals surface area contributed by atoms with E-state index in [0.29, 0.717) is 41.8 Å². The molecule has 5 rings (SSSR count). The lowest BCUT2D eigenvalue weighted by molar-refractivity contribution is 0.0523. The molecule has 0 unspecified atom stereocenters. The van der Waals surface area contributed by atoms with Gasteiger partial charge < -0.3 is 19.5 Å². The normalized spacial score (nSPS) is 12.7. The van der Waals surface area contributed by atoms with Crippen LogP contribution in [0.25, 0.3) is 0 Å². The second-order valence-electron chi connectivity index (χ2n) is 12.4. The molecule has 242 valence electrons. The molecule has 0 spiro atoms. The Hall–Kier alpha value is -5.53. The van der Waals surface area contributed by atoms with E-state index in [-0.39, 0.29) is 18.3 Å². The molecule has 4 aromatic rings. The third kappa shape index (κ3) is 8.60. The first kappa shape index (κ1) is 32.9. The van der Waals surface area contributed by atoms with Gasteiger partial charge in [-0.1, -0.05) is 86.6 Å². The first-order valence-electron chi connectivity index (χ1n) is 15.6. The molecule has 0 aromatic heterocycles. The number of hydrogen-bond acceptors (Lipinski definition) is 8. The van der Waals surface area contributed by atoms with Gasteiger partial charge in [-0.25, -0.2) is 9.59 Å². The van der Waals surface area contributed by atoms with Crippen molar-refractivity contribution >= 4 is 23.6 Å². The van der Waals surface area contributed by atoms with Crippen LogP contribution in [0.4, 0.5) is 10.5 Å². The van der Waals surface area contributed by atoms with E-state index >= 15 is 0 Å². The Morgan fingerprint density at radius 2 is 1.45 bits per heavy atom. The van der Waals surface area contributed by atoms with E-state index in [1.807, 2.05) is 124 Å². The van der Waals surface area contributed by atoms with Crippen LogP contribution in [0, 0.1) is 0 Å². The number of alkyl carbamates (subject to hydrolysis) is 1. The zero-order valence-electron chi connectivity index (χ0n) is 27.4. The highest BCUT2D eigenvalue weighted by Crippen LogP contribution is 2.37. The number of anilines is 1. The minimum atomic E-state index is -0.588. The van der Waals surface area contributed by atoms with Crippen LogP contribution in [0.3, 0.4) is 0 Å². The van der Waals surface area contributed by atoms with Gasteiger partial charge in [0.15, 0.2) is 11.8 Å². The Morgan fingerprint density at radius 3 is 2.00 bits per heavy atom. The Bertz CT molecular complexity index is 1760.